The minimum absolute atomic E-state index is 0.0397. The number of nitrogens with zero attached hydrogens (tertiary/aromatic N) is 4. The second-order valence-corrected chi connectivity index (χ2v) is 8.50. The summed E-state index contributed by atoms with van der Waals surface area (Å²) in [4.78, 5) is 6.17. The van der Waals surface area contributed by atoms with Crippen molar-refractivity contribution in [3.63, 3.8) is 0 Å². The molecule has 130 valence electrons. The van der Waals surface area contributed by atoms with Gasteiger partial charge in [-0.2, -0.15) is 5.10 Å². The highest BCUT2D eigenvalue weighted by molar-refractivity contribution is 14.2. The Morgan fingerprint density at radius 2 is 2.12 bits per heavy atom. The summed E-state index contributed by atoms with van der Waals surface area (Å²) in [5, 5.41) is 4.50. The zero-order valence-electron chi connectivity index (χ0n) is 13.5. The molecule has 0 aliphatic carbocycles. The highest BCUT2D eigenvalue weighted by Crippen LogP contribution is 2.36. The highest BCUT2D eigenvalue weighted by atomic mass is 127. The highest BCUT2D eigenvalue weighted by Gasteiger charge is 2.27. The Hall–Kier alpha value is -1.61. The monoisotopic (exact) mass is 474 g/mol. The Morgan fingerprint density at radius 3 is 2.92 bits per heavy atom. The van der Waals surface area contributed by atoms with Crippen LogP contribution in [0.15, 0.2) is 24.4 Å². The summed E-state index contributed by atoms with van der Waals surface area (Å²) in [6.07, 6.45) is 1.59. The van der Waals surface area contributed by atoms with Gasteiger partial charge in [0.05, 0.1) is 22.1 Å². The van der Waals surface area contributed by atoms with Crippen LogP contribution >= 0.6 is 32.3 Å². The summed E-state index contributed by atoms with van der Waals surface area (Å²) in [6.45, 7) is 1.75. The van der Waals surface area contributed by atoms with Gasteiger partial charge >= 0.3 is 0 Å². The quantitative estimate of drug-likeness (QED) is 0.315. The Labute approximate surface area is 158 Å². The third-order valence-electron chi connectivity index (χ3n) is 4.35. The lowest BCUT2D eigenvalue weighted by Crippen LogP contribution is -2.21. The second kappa shape index (κ2) is 6.28. The van der Waals surface area contributed by atoms with Gasteiger partial charge in [-0.1, -0.05) is 39.3 Å². The van der Waals surface area contributed by atoms with Crippen LogP contribution in [0.3, 0.4) is 0 Å². The van der Waals surface area contributed by atoms with E-state index >= 15 is 4.39 Å². The number of aromatic nitrogens is 3. The van der Waals surface area contributed by atoms with Gasteiger partial charge in [0.25, 0.3) is 0 Å². The summed E-state index contributed by atoms with van der Waals surface area (Å²) in [7, 11) is 1.87. The van der Waals surface area contributed by atoms with E-state index in [2.05, 4.69) is 10.1 Å². The van der Waals surface area contributed by atoms with E-state index in [0.717, 1.165) is 4.55 Å². The van der Waals surface area contributed by atoms with Crippen molar-refractivity contribution < 1.29 is 8.78 Å². The number of hydrogen-bond donors (Lipinski definition) is 0. The van der Waals surface area contributed by atoms with Crippen molar-refractivity contribution in [2.24, 2.45) is 0 Å². The maximum absolute atomic E-state index is 15.2. The van der Waals surface area contributed by atoms with Gasteiger partial charge in [0.2, 0.25) is 0 Å². The van der Waals surface area contributed by atoms with Crippen molar-refractivity contribution in [3.05, 3.63) is 58.0 Å². The fraction of sp³-hybridized carbons (Fsp3) is 0.235. The predicted molar refractivity (Wildman–Crippen MR) is 104 cm³/mol. The molecular formula is C17H14ClF2IN4. The van der Waals surface area contributed by atoms with Crippen LogP contribution in [-0.4, -0.2) is 30.2 Å². The number of anilines is 1. The Bertz CT molecular complexity index is 1020. The summed E-state index contributed by atoms with van der Waals surface area (Å²) in [6, 6.07) is 4.78. The van der Waals surface area contributed by atoms with Crippen LogP contribution in [0.25, 0.3) is 5.65 Å². The largest absolute Gasteiger partial charge is 0.365 e. The van der Waals surface area contributed by atoms with E-state index in [4.69, 9.17) is 11.6 Å². The summed E-state index contributed by atoms with van der Waals surface area (Å²) in [5.74, 6) is -1.60. The zero-order valence-corrected chi connectivity index (χ0v) is 16.4. The molecule has 1 aliphatic heterocycles. The van der Waals surface area contributed by atoms with Gasteiger partial charge in [-0.3, -0.25) is 0 Å². The number of hydrogen-bond acceptors (Lipinski definition) is 3. The van der Waals surface area contributed by atoms with E-state index in [0.29, 0.717) is 27.7 Å². The van der Waals surface area contributed by atoms with E-state index < -0.39 is 17.6 Å². The number of rotatable bonds is 2. The molecule has 0 unspecified atom stereocenters. The number of benzene rings is 1. The fourth-order valence-corrected chi connectivity index (χ4v) is 5.37. The van der Waals surface area contributed by atoms with Crippen molar-refractivity contribution in [3.8, 4) is 0 Å². The second-order valence-electron chi connectivity index (χ2n) is 5.93. The third kappa shape index (κ3) is 2.73. The molecule has 0 saturated heterocycles. The topological polar surface area (TPSA) is 33.4 Å². The molecule has 0 N–H and O–H groups in total. The van der Waals surface area contributed by atoms with Crippen LogP contribution in [0.4, 0.5) is 14.5 Å². The summed E-state index contributed by atoms with van der Waals surface area (Å²) >= 11 is 5.70. The van der Waals surface area contributed by atoms with Crippen molar-refractivity contribution in [2.75, 3.05) is 16.5 Å². The molecule has 1 atom stereocenters. The molecule has 0 fully saturated rings. The van der Waals surface area contributed by atoms with Gasteiger partial charge in [0.1, 0.15) is 16.8 Å². The summed E-state index contributed by atoms with van der Waals surface area (Å²) < 4.78 is 34.3. The standard InChI is InChI=1S/C17H14ClF2IN4/c1-9(13-7-22-15-4-3-14(18)23-25(13)15)16-11(19)5-12-10(17(16)20)6-21-8-24(12)2/h3-7,9H,8H2,1-2H3/t9-/m0/s1. The van der Waals surface area contributed by atoms with E-state index in [1.54, 1.807) is 25.3 Å². The molecule has 4 nitrogen and oxygen atoms in total. The van der Waals surface area contributed by atoms with Crippen LogP contribution in [0.5, 0.6) is 0 Å². The molecule has 1 aromatic carbocycles. The average Bonchev–Trinajstić information content (AvgIpc) is 2.99. The molecule has 0 saturated carbocycles. The zero-order chi connectivity index (χ0) is 17.7. The van der Waals surface area contributed by atoms with E-state index in [-0.39, 0.29) is 26.3 Å². The molecule has 0 bridgehead atoms. The van der Waals surface area contributed by atoms with Crippen molar-refractivity contribution >= 4 is 47.7 Å². The maximum atomic E-state index is 15.2. The first kappa shape index (κ1) is 16.8. The normalized spacial score (nSPS) is 15.2. The Balaban J connectivity index is 1.89. The van der Waals surface area contributed by atoms with Gasteiger partial charge < -0.3 is 4.90 Å². The SMILES string of the molecule is C[C@H](c1c(F)cc2c(c1F)C=ICN2C)c1cnc2ccc(Cl)nn12. The molecule has 2 aromatic heterocycles. The van der Waals surface area contributed by atoms with Crippen LogP contribution in [-0.2, 0) is 0 Å². The molecule has 3 heterocycles. The molecular weight excluding hydrogens is 461 g/mol. The molecule has 0 spiro atoms. The van der Waals surface area contributed by atoms with Crippen molar-refractivity contribution in [2.45, 2.75) is 12.8 Å². The average molecular weight is 475 g/mol. The van der Waals surface area contributed by atoms with Crippen molar-refractivity contribution in [1.29, 1.82) is 0 Å². The first-order valence-corrected chi connectivity index (χ1v) is 10.8. The van der Waals surface area contributed by atoms with Crippen molar-refractivity contribution in [1.82, 2.24) is 14.6 Å². The third-order valence-corrected chi connectivity index (χ3v) is 7.03. The number of imidazole rings is 1. The molecule has 0 radical (unpaired) electrons. The minimum Gasteiger partial charge on any atom is -0.365 e. The molecule has 25 heavy (non-hydrogen) atoms. The van der Waals surface area contributed by atoms with Gasteiger partial charge in [-0.25, -0.2) is 18.3 Å². The van der Waals surface area contributed by atoms with Gasteiger partial charge in [0.15, 0.2) is 5.65 Å². The lowest BCUT2D eigenvalue weighted by Gasteiger charge is -2.25. The van der Waals surface area contributed by atoms with Gasteiger partial charge in [-0.15, -0.1) is 0 Å². The van der Waals surface area contributed by atoms with Gasteiger partial charge in [0, 0.05) is 24.1 Å². The number of alkyl halides is 1. The Morgan fingerprint density at radius 1 is 1.32 bits per heavy atom. The number of halogens is 4. The maximum Gasteiger partial charge on any atom is 0.153 e. The van der Waals surface area contributed by atoms with Gasteiger partial charge in [-0.05, 0) is 22.2 Å². The van der Waals surface area contributed by atoms with E-state index in [1.165, 1.54) is 10.6 Å². The molecule has 0 amide bonds. The lowest BCUT2D eigenvalue weighted by molar-refractivity contribution is 0.542. The van der Waals surface area contributed by atoms with E-state index in [9.17, 15) is 4.39 Å². The molecule has 3 aromatic rings. The fourth-order valence-electron chi connectivity index (χ4n) is 3.05. The smallest absolute Gasteiger partial charge is 0.153 e. The summed E-state index contributed by atoms with van der Waals surface area (Å²) in [5.41, 5.74) is 2.33. The molecule has 4 rings (SSSR count). The van der Waals surface area contributed by atoms with E-state index in [1.807, 2.05) is 16.0 Å². The Kier molecular flexibility index (Phi) is 4.23. The van der Waals surface area contributed by atoms with Crippen LogP contribution in [0.1, 0.15) is 29.7 Å². The number of fused-ring (bicyclic) bond motifs is 2. The first-order chi connectivity index (χ1) is 12.0. The van der Waals surface area contributed by atoms with Crippen LogP contribution < -0.4 is 4.90 Å². The molecule has 8 heteroatoms. The lowest BCUT2D eigenvalue weighted by atomic mass is 9.94. The minimum atomic E-state index is -0.555. The van der Waals surface area contributed by atoms with Crippen LogP contribution in [0.2, 0.25) is 5.15 Å². The molecule has 1 aliphatic rings. The van der Waals surface area contributed by atoms with Crippen LogP contribution in [0, 0.1) is 11.6 Å². The first-order valence-electron chi connectivity index (χ1n) is 7.61. The predicted octanol–water partition coefficient (Wildman–Crippen LogP) is 4.34.